The number of amides is 2. The van der Waals surface area contributed by atoms with E-state index in [-0.39, 0.29) is 22.3 Å². The van der Waals surface area contributed by atoms with Gasteiger partial charge in [-0.15, -0.1) is 0 Å². The molecule has 1 atom stereocenters. The van der Waals surface area contributed by atoms with Crippen molar-refractivity contribution in [3.05, 3.63) is 88.5 Å². The molecule has 0 bridgehead atoms. The fourth-order valence-corrected chi connectivity index (χ4v) is 5.32. The zero-order valence-electron chi connectivity index (χ0n) is 19.1. The third kappa shape index (κ3) is 3.97. The van der Waals surface area contributed by atoms with Crippen LogP contribution in [0.25, 0.3) is 5.57 Å². The minimum absolute atomic E-state index is 0.0700. The highest BCUT2D eigenvalue weighted by molar-refractivity contribution is 5.97. The molecule has 170 valence electrons. The molecule has 0 saturated carbocycles. The number of carboxylic acids is 1. The van der Waals surface area contributed by atoms with Crippen molar-refractivity contribution in [2.24, 2.45) is 16.6 Å². The summed E-state index contributed by atoms with van der Waals surface area (Å²) in [6.07, 6.45) is 5.17. The Balaban J connectivity index is 1.59. The van der Waals surface area contributed by atoms with Gasteiger partial charge >= 0.3 is 5.97 Å². The van der Waals surface area contributed by atoms with E-state index >= 15 is 0 Å². The monoisotopic (exact) mass is 444 g/mol. The maximum Gasteiger partial charge on any atom is 0.335 e. The normalized spacial score (nSPS) is 21.5. The second-order valence-corrected chi connectivity index (χ2v) is 9.64. The van der Waals surface area contributed by atoms with Gasteiger partial charge < -0.3 is 15.7 Å². The standard InChI is InChI=1S/C27H28N2O4/c1-26(2)21(17-4-10-20(11-5-17)25(32)33)12-14-27(3)16-29(15-13-22(26)27)24(31)19-8-6-18(7-9-19)23(28)30/h4-13H,14-16H2,1-3H3,(H2,28,30)(H,32,33)/t27-/m1/s1. The molecule has 33 heavy (non-hydrogen) atoms. The van der Waals surface area contributed by atoms with Crippen molar-refractivity contribution in [3.63, 3.8) is 0 Å². The zero-order valence-corrected chi connectivity index (χ0v) is 19.1. The largest absolute Gasteiger partial charge is 0.478 e. The molecule has 0 unspecified atom stereocenters. The predicted molar refractivity (Wildman–Crippen MR) is 127 cm³/mol. The van der Waals surface area contributed by atoms with Crippen molar-refractivity contribution in [1.29, 1.82) is 0 Å². The van der Waals surface area contributed by atoms with Crippen molar-refractivity contribution in [3.8, 4) is 0 Å². The lowest BCUT2D eigenvalue weighted by atomic mass is 9.58. The minimum atomic E-state index is -0.935. The number of aromatic carboxylic acids is 1. The van der Waals surface area contributed by atoms with Crippen LogP contribution in [0.4, 0.5) is 0 Å². The van der Waals surface area contributed by atoms with Gasteiger partial charge in [0.25, 0.3) is 5.91 Å². The molecule has 1 aliphatic heterocycles. The Kier molecular flexibility index (Phi) is 5.48. The molecule has 0 radical (unpaired) electrons. The molecule has 1 heterocycles. The smallest absolute Gasteiger partial charge is 0.335 e. The van der Waals surface area contributed by atoms with Crippen molar-refractivity contribution in [2.75, 3.05) is 13.1 Å². The van der Waals surface area contributed by atoms with Crippen LogP contribution in [-0.2, 0) is 0 Å². The number of nitrogens with two attached hydrogens (primary N) is 1. The summed E-state index contributed by atoms with van der Waals surface area (Å²) in [6.45, 7) is 7.67. The highest BCUT2D eigenvalue weighted by atomic mass is 16.4. The molecule has 2 aromatic rings. The van der Waals surface area contributed by atoms with E-state index in [4.69, 9.17) is 5.73 Å². The Morgan fingerprint density at radius 1 is 0.879 bits per heavy atom. The molecule has 0 aromatic heterocycles. The van der Waals surface area contributed by atoms with Crippen molar-refractivity contribution < 1.29 is 19.5 Å². The molecule has 0 saturated heterocycles. The van der Waals surface area contributed by atoms with Crippen LogP contribution < -0.4 is 5.73 Å². The summed E-state index contributed by atoms with van der Waals surface area (Å²) in [5.41, 5.74) is 9.51. The number of carbonyl (C=O) groups excluding carboxylic acids is 2. The van der Waals surface area contributed by atoms with Crippen LogP contribution in [0.15, 0.2) is 66.3 Å². The molecule has 2 amide bonds. The Hall–Kier alpha value is -3.67. The summed E-state index contributed by atoms with van der Waals surface area (Å²) in [7, 11) is 0. The number of nitrogens with zero attached hydrogens (tertiary/aromatic N) is 1. The van der Waals surface area contributed by atoms with E-state index in [2.05, 4.69) is 32.9 Å². The zero-order chi connectivity index (χ0) is 24.0. The quantitative estimate of drug-likeness (QED) is 0.683. The van der Waals surface area contributed by atoms with Gasteiger partial charge in [0.05, 0.1) is 5.56 Å². The first-order valence-corrected chi connectivity index (χ1v) is 11.0. The van der Waals surface area contributed by atoms with E-state index in [0.29, 0.717) is 24.2 Å². The van der Waals surface area contributed by atoms with Crippen LogP contribution in [0.2, 0.25) is 0 Å². The van der Waals surface area contributed by atoms with Gasteiger partial charge in [-0.3, -0.25) is 9.59 Å². The summed E-state index contributed by atoms with van der Waals surface area (Å²) in [5.74, 6) is -1.52. The van der Waals surface area contributed by atoms with Gasteiger partial charge in [-0.25, -0.2) is 4.79 Å². The van der Waals surface area contributed by atoms with Crippen LogP contribution in [0.1, 0.15) is 63.8 Å². The number of hydrogen-bond donors (Lipinski definition) is 2. The van der Waals surface area contributed by atoms with Crippen LogP contribution in [0.3, 0.4) is 0 Å². The average molecular weight is 445 g/mol. The number of allylic oxidation sites excluding steroid dienone is 2. The van der Waals surface area contributed by atoms with Gasteiger partial charge in [-0.05, 0) is 54.0 Å². The number of fused-ring (bicyclic) bond motifs is 1. The third-order valence-corrected chi connectivity index (χ3v) is 6.96. The van der Waals surface area contributed by atoms with Gasteiger partial charge in [-0.1, -0.05) is 50.6 Å². The van der Waals surface area contributed by atoms with Gasteiger partial charge in [0, 0.05) is 35.0 Å². The van der Waals surface area contributed by atoms with Gasteiger partial charge in [0.1, 0.15) is 0 Å². The fraction of sp³-hybridized carbons (Fsp3) is 0.296. The minimum Gasteiger partial charge on any atom is -0.478 e. The third-order valence-electron chi connectivity index (χ3n) is 6.96. The first-order valence-electron chi connectivity index (χ1n) is 11.0. The molecule has 6 heteroatoms. The van der Waals surface area contributed by atoms with Crippen molar-refractivity contribution in [2.45, 2.75) is 27.2 Å². The Labute approximate surface area is 193 Å². The summed E-state index contributed by atoms with van der Waals surface area (Å²) >= 11 is 0. The molecule has 0 spiro atoms. The van der Waals surface area contributed by atoms with Gasteiger partial charge in [0.15, 0.2) is 0 Å². The fourth-order valence-electron chi connectivity index (χ4n) is 5.32. The van der Waals surface area contributed by atoms with E-state index in [0.717, 1.165) is 12.0 Å². The summed E-state index contributed by atoms with van der Waals surface area (Å²) in [5, 5.41) is 9.19. The molecular weight excluding hydrogens is 416 g/mol. The lowest BCUT2D eigenvalue weighted by Crippen LogP contribution is -2.48. The van der Waals surface area contributed by atoms with Crippen molar-refractivity contribution >= 4 is 23.4 Å². The Morgan fingerprint density at radius 2 is 1.45 bits per heavy atom. The Morgan fingerprint density at radius 3 is 2.03 bits per heavy atom. The number of benzene rings is 2. The van der Waals surface area contributed by atoms with Crippen LogP contribution in [0.5, 0.6) is 0 Å². The summed E-state index contributed by atoms with van der Waals surface area (Å²) in [4.78, 5) is 37.5. The average Bonchev–Trinajstić information content (AvgIpc) is 2.78. The molecule has 3 N–H and O–H groups in total. The number of primary amides is 1. The highest BCUT2D eigenvalue weighted by Crippen LogP contribution is 2.55. The molecule has 0 fully saturated rings. The Bertz CT molecular complexity index is 1190. The summed E-state index contributed by atoms with van der Waals surface area (Å²) < 4.78 is 0. The van der Waals surface area contributed by atoms with Gasteiger partial charge in [-0.2, -0.15) is 0 Å². The van der Waals surface area contributed by atoms with E-state index in [1.165, 1.54) is 11.1 Å². The molecule has 1 aliphatic carbocycles. The van der Waals surface area contributed by atoms with E-state index in [1.807, 2.05) is 17.0 Å². The number of rotatable bonds is 4. The van der Waals surface area contributed by atoms with E-state index in [9.17, 15) is 19.5 Å². The highest BCUT2D eigenvalue weighted by Gasteiger charge is 2.46. The van der Waals surface area contributed by atoms with Gasteiger partial charge in [0.2, 0.25) is 5.91 Å². The predicted octanol–water partition coefficient (Wildman–Crippen LogP) is 4.39. The lowest BCUT2D eigenvalue weighted by molar-refractivity contribution is 0.0678. The van der Waals surface area contributed by atoms with Crippen LogP contribution >= 0.6 is 0 Å². The molecule has 4 rings (SSSR count). The van der Waals surface area contributed by atoms with Crippen molar-refractivity contribution in [1.82, 2.24) is 4.90 Å². The number of carbonyl (C=O) groups is 3. The molecular formula is C27H28N2O4. The van der Waals surface area contributed by atoms with Crippen LogP contribution in [-0.4, -0.2) is 40.9 Å². The second kappa shape index (κ2) is 8.03. The first-order chi connectivity index (χ1) is 15.5. The maximum atomic E-state index is 13.1. The summed E-state index contributed by atoms with van der Waals surface area (Å²) in [6, 6.07) is 13.5. The molecule has 6 nitrogen and oxygen atoms in total. The maximum absolute atomic E-state index is 13.1. The lowest BCUT2D eigenvalue weighted by Gasteiger charge is -2.50. The van der Waals surface area contributed by atoms with E-state index in [1.54, 1.807) is 36.4 Å². The second-order valence-electron chi connectivity index (χ2n) is 9.64. The molecule has 2 aromatic carbocycles. The first kappa shape index (κ1) is 22.5. The SMILES string of the molecule is CC1(C)C(c2ccc(C(=O)O)cc2)=CC[C@]2(C)CN(C(=O)c3ccc(C(N)=O)cc3)CC=C12. The topological polar surface area (TPSA) is 101 Å². The van der Waals surface area contributed by atoms with E-state index < -0.39 is 11.9 Å². The number of carboxylic acid groups (broad SMARTS) is 1. The van der Waals surface area contributed by atoms with Crippen LogP contribution in [0, 0.1) is 10.8 Å². The number of hydrogen-bond acceptors (Lipinski definition) is 3. The molecule has 2 aliphatic rings.